The number of hydrogen-bond donors (Lipinski definition) is 3. The van der Waals surface area contributed by atoms with Gasteiger partial charge in [-0.25, -0.2) is 13.4 Å². The SMILES string of the molecule is C=C[C@@H]1C[C@]1(NC(=O)C1C[C@@H](Oc2cc(-c3ccccc3)nc3cc(OC)ccc23)CN1C(=O)[C@@H](NC(=O)CC(C)(C)C)C(C)(C)C)C(=O)NS(=O)(=O)C1CC1. The average molecular weight is 788 g/mol. The number of likely N-dealkylation sites (tertiary alicyclic amines) is 1. The minimum absolute atomic E-state index is 0.0145. The van der Waals surface area contributed by atoms with E-state index in [1.165, 1.54) is 11.0 Å². The molecule has 4 amide bonds. The zero-order valence-electron chi connectivity index (χ0n) is 33.2. The summed E-state index contributed by atoms with van der Waals surface area (Å²) < 4.78 is 39.9. The van der Waals surface area contributed by atoms with E-state index in [1.54, 1.807) is 13.2 Å². The molecule has 5 atom stereocenters. The molecule has 300 valence electrons. The fourth-order valence-electron chi connectivity index (χ4n) is 7.24. The molecule has 13 nitrogen and oxygen atoms in total. The number of aromatic nitrogens is 1. The van der Waals surface area contributed by atoms with Crippen molar-refractivity contribution in [3.63, 3.8) is 0 Å². The maximum Gasteiger partial charge on any atom is 0.259 e. The molecule has 3 aromatic rings. The van der Waals surface area contributed by atoms with E-state index in [1.807, 2.05) is 90.1 Å². The van der Waals surface area contributed by atoms with Gasteiger partial charge in [-0.1, -0.05) is 78.0 Å². The Morgan fingerprint density at radius 2 is 1.73 bits per heavy atom. The molecule has 14 heteroatoms. The topological polar surface area (TPSA) is 173 Å². The lowest BCUT2D eigenvalue weighted by atomic mass is 9.84. The number of nitrogens with zero attached hydrogens (tertiary/aromatic N) is 2. The Bertz CT molecular complexity index is 2140. The lowest BCUT2D eigenvalue weighted by Gasteiger charge is -2.36. The lowest BCUT2D eigenvalue weighted by Crippen LogP contribution is -2.60. The Balaban J connectivity index is 1.34. The predicted molar refractivity (Wildman–Crippen MR) is 213 cm³/mol. The molecule has 3 aliphatic rings. The summed E-state index contributed by atoms with van der Waals surface area (Å²) in [4.78, 5) is 62.3. The van der Waals surface area contributed by atoms with Crippen LogP contribution in [0.2, 0.25) is 0 Å². The summed E-state index contributed by atoms with van der Waals surface area (Å²) in [6.07, 6.45) is 2.10. The Kier molecular flexibility index (Phi) is 11.0. The number of nitrogens with one attached hydrogen (secondary N) is 3. The van der Waals surface area contributed by atoms with Gasteiger partial charge in [0.15, 0.2) is 0 Å². The Hall–Kier alpha value is -4.98. The van der Waals surface area contributed by atoms with E-state index < -0.39 is 68.1 Å². The third kappa shape index (κ3) is 8.85. The third-order valence-corrected chi connectivity index (χ3v) is 12.4. The minimum Gasteiger partial charge on any atom is -0.497 e. The van der Waals surface area contributed by atoms with Crippen molar-refractivity contribution in [3.05, 3.63) is 67.3 Å². The van der Waals surface area contributed by atoms with Gasteiger partial charge in [-0.05, 0) is 42.2 Å². The van der Waals surface area contributed by atoms with Crippen molar-refractivity contribution in [2.24, 2.45) is 16.7 Å². The van der Waals surface area contributed by atoms with Gasteiger partial charge in [0.05, 0.1) is 30.1 Å². The largest absolute Gasteiger partial charge is 0.497 e. The van der Waals surface area contributed by atoms with Crippen LogP contribution in [0.15, 0.2) is 67.3 Å². The van der Waals surface area contributed by atoms with E-state index in [0.717, 1.165) is 5.56 Å². The molecule has 3 fully saturated rings. The Morgan fingerprint density at radius 3 is 2.32 bits per heavy atom. The van der Waals surface area contributed by atoms with Crippen molar-refractivity contribution in [1.82, 2.24) is 25.2 Å². The first kappa shape index (κ1) is 40.7. The number of carbonyl (C=O) groups excluding carboxylic acids is 4. The van der Waals surface area contributed by atoms with Gasteiger partial charge in [0.2, 0.25) is 27.7 Å². The predicted octanol–water partition coefficient (Wildman–Crippen LogP) is 4.90. The highest BCUT2D eigenvalue weighted by Crippen LogP contribution is 2.46. The normalized spacial score (nSPS) is 22.8. The van der Waals surface area contributed by atoms with Crippen molar-refractivity contribution in [2.75, 3.05) is 13.7 Å². The Morgan fingerprint density at radius 1 is 1.04 bits per heavy atom. The molecule has 3 N–H and O–H groups in total. The fourth-order valence-corrected chi connectivity index (χ4v) is 8.60. The average Bonchev–Trinajstić information content (AvgIpc) is 4.06. The van der Waals surface area contributed by atoms with Crippen molar-refractivity contribution in [3.8, 4) is 22.8 Å². The molecule has 2 aliphatic carbocycles. The summed E-state index contributed by atoms with van der Waals surface area (Å²) in [5.74, 6) is -1.68. The molecule has 0 spiro atoms. The first-order valence-corrected chi connectivity index (χ1v) is 20.6. The summed E-state index contributed by atoms with van der Waals surface area (Å²) in [6, 6.07) is 14.7. The number of carbonyl (C=O) groups is 4. The summed E-state index contributed by atoms with van der Waals surface area (Å²) in [5, 5.41) is 5.83. The fraction of sp³-hybridized carbons (Fsp3) is 0.500. The van der Waals surface area contributed by atoms with Gasteiger partial charge in [0.25, 0.3) is 5.91 Å². The zero-order valence-corrected chi connectivity index (χ0v) is 34.0. The van der Waals surface area contributed by atoms with Crippen LogP contribution in [0, 0.1) is 16.7 Å². The first-order valence-electron chi connectivity index (χ1n) is 19.1. The molecule has 0 bridgehead atoms. The van der Waals surface area contributed by atoms with Crippen LogP contribution in [0.3, 0.4) is 0 Å². The molecule has 6 rings (SSSR count). The third-order valence-electron chi connectivity index (χ3n) is 10.5. The van der Waals surface area contributed by atoms with Crippen molar-refractivity contribution < 1.29 is 37.1 Å². The maximum atomic E-state index is 14.7. The Labute approximate surface area is 329 Å². The second-order valence-corrected chi connectivity index (χ2v) is 19.5. The highest BCUT2D eigenvalue weighted by atomic mass is 32.2. The van der Waals surface area contributed by atoms with E-state index in [-0.39, 0.29) is 37.1 Å². The van der Waals surface area contributed by atoms with Crippen LogP contribution in [0.25, 0.3) is 22.2 Å². The molecular weight excluding hydrogens is 735 g/mol. The van der Waals surface area contributed by atoms with Gasteiger partial charge in [0.1, 0.15) is 35.2 Å². The zero-order chi connectivity index (χ0) is 40.8. The summed E-state index contributed by atoms with van der Waals surface area (Å²) in [6.45, 7) is 15.1. The second kappa shape index (κ2) is 15.2. The van der Waals surface area contributed by atoms with Gasteiger partial charge in [-0.2, -0.15) is 0 Å². The van der Waals surface area contributed by atoms with Crippen LogP contribution in [0.4, 0.5) is 0 Å². The van der Waals surface area contributed by atoms with E-state index in [9.17, 15) is 27.6 Å². The number of hydrogen-bond acceptors (Lipinski definition) is 9. The van der Waals surface area contributed by atoms with Crippen molar-refractivity contribution in [1.29, 1.82) is 0 Å². The van der Waals surface area contributed by atoms with Crippen molar-refractivity contribution >= 4 is 44.6 Å². The maximum absolute atomic E-state index is 14.7. The smallest absolute Gasteiger partial charge is 0.259 e. The van der Waals surface area contributed by atoms with Gasteiger partial charge >= 0.3 is 0 Å². The minimum atomic E-state index is -3.90. The standard InChI is InChI=1S/C42H53N5O8S/c1-9-26-22-42(26,39(51)46-56(52,53)29-16-17-29)45-37(49)33-20-28(24-47(33)38(50)36(41(5,6)7)44-35(48)23-40(2,3)4)55-34-21-31(25-13-11-10-12-14-25)43-32-19-27(54-8)15-18-30(32)34/h9-15,18-19,21,26,28-29,33,36H,1,16-17,20,22-24H2,2-8H3,(H,44,48)(H,45,49)(H,46,51)/t26-,28-,33?,36-,42-/m1/s1. The molecule has 0 radical (unpaired) electrons. The highest BCUT2D eigenvalue weighted by molar-refractivity contribution is 7.91. The highest BCUT2D eigenvalue weighted by Gasteiger charge is 2.62. The number of amides is 4. The van der Waals surface area contributed by atoms with Crippen LogP contribution in [-0.2, 0) is 29.2 Å². The van der Waals surface area contributed by atoms with Gasteiger partial charge in [-0.3, -0.25) is 23.9 Å². The van der Waals surface area contributed by atoms with Crippen molar-refractivity contribution in [2.45, 2.75) is 103 Å². The molecule has 1 saturated heterocycles. The van der Waals surface area contributed by atoms with E-state index >= 15 is 0 Å². The van der Waals surface area contributed by atoms with Crippen LogP contribution in [0.1, 0.15) is 73.6 Å². The molecule has 2 aromatic carbocycles. The number of methoxy groups -OCH3 is 1. The number of rotatable bonds is 13. The van der Waals surface area contributed by atoms with Gasteiger partial charge in [0, 0.05) is 41.8 Å². The summed E-state index contributed by atoms with van der Waals surface area (Å²) in [7, 11) is -2.33. The summed E-state index contributed by atoms with van der Waals surface area (Å²) in [5.41, 5.74) is -0.519. The van der Waals surface area contributed by atoms with Crippen LogP contribution < -0.4 is 24.8 Å². The van der Waals surface area contributed by atoms with Gasteiger partial charge < -0.3 is 25.0 Å². The molecule has 56 heavy (non-hydrogen) atoms. The number of fused-ring (bicyclic) bond motifs is 1. The molecule has 1 aliphatic heterocycles. The number of ether oxygens (including phenoxy) is 2. The summed E-state index contributed by atoms with van der Waals surface area (Å²) >= 11 is 0. The number of pyridine rings is 1. The second-order valence-electron chi connectivity index (χ2n) is 17.5. The van der Waals surface area contributed by atoms with Gasteiger partial charge in [-0.15, -0.1) is 6.58 Å². The van der Waals surface area contributed by atoms with E-state index in [0.29, 0.717) is 40.9 Å². The van der Waals surface area contributed by atoms with Crippen LogP contribution in [-0.4, -0.2) is 84.6 Å². The number of benzene rings is 2. The lowest BCUT2D eigenvalue weighted by molar-refractivity contribution is -0.144. The van der Waals surface area contributed by atoms with Crippen LogP contribution in [0.5, 0.6) is 11.5 Å². The molecule has 1 unspecified atom stereocenters. The van der Waals surface area contributed by atoms with E-state index in [4.69, 9.17) is 14.5 Å². The molecule has 2 saturated carbocycles. The monoisotopic (exact) mass is 787 g/mol. The van der Waals surface area contributed by atoms with Crippen LogP contribution >= 0.6 is 0 Å². The quantitative estimate of drug-likeness (QED) is 0.204. The molecule has 1 aromatic heterocycles. The molecule has 2 heterocycles. The molecular formula is C42H53N5O8S. The number of sulfonamides is 1. The van der Waals surface area contributed by atoms with E-state index in [2.05, 4.69) is 21.9 Å². The first-order chi connectivity index (χ1) is 26.2.